The van der Waals surface area contributed by atoms with Crippen LogP contribution >= 0.6 is 0 Å². The first-order valence-electron chi connectivity index (χ1n) is 5.65. The van der Waals surface area contributed by atoms with Gasteiger partial charge in [-0.25, -0.2) is 4.79 Å². The normalized spacial score (nSPS) is 11.2. The van der Waals surface area contributed by atoms with E-state index in [9.17, 15) is 13.6 Å². The summed E-state index contributed by atoms with van der Waals surface area (Å²) in [6.45, 7) is 1.69. The maximum Gasteiger partial charge on any atom is 0.377 e. The van der Waals surface area contributed by atoms with Crippen molar-refractivity contribution in [2.45, 2.75) is 38.7 Å². The molecule has 0 atom stereocenters. The van der Waals surface area contributed by atoms with Gasteiger partial charge >= 0.3 is 11.9 Å². The fraction of sp³-hybridized carbons (Fsp3) is 0.462. The summed E-state index contributed by atoms with van der Waals surface area (Å²) >= 11 is 0. The molecule has 0 aliphatic rings. The Morgan fingerprint density at radius 3 is 2.53 bits per heavy atom. The molecule has 0 radical (unpaired) electrons. The van der Waals surface area contributed by atoms with E-state index in [1.54, 1.807) is 37.3 Å². The van der Waals surface area contributed by atoms with Crippen molar-refractivity contribution in [3.63, 3.8) is 0 Å². The third kappa shape index (κ3) is 4.51. The van der Waals surface area contributed by atoms with E-state index in [4.69, 9.17) is 0 Å². The summed E-state index contributed by atoms with van der Waals surface area (Å²) in [4.78, 5) is 11.2. The zero-order valence-electron chi connectivity index (χ0n) is 9.79. The molecule has 0 unspecified atom stereocenters. The van der Waals surface area contributed by atoms with Crippen molar-refractivity contribution in [2.75, 3.05) is 0 Å². The van der Waals surface area contributed by atoms with Gasteiger partial charge in [0.25, 0.3) is 0 Å². The quantitative estimate of drug-likeness (QED) is 0.713. The molecule has 0 N–H and O–H groups in total. The Morgan fingerprint density at radius 2 is 1.94 bits per heavy atom. The highest BCUT2D eigenvalue weighted by molar-refractivity contribution is 5.77. The van der Waals surface area contributed by atoms with Crippen molar-refractivity contribution < 1.29 is 18.3 Å². The first-order chi connectivity index (χ1) is 8.06. The Morgan fingerprint density at radius 1 is 1.29 bits per heavy atom. The van der Waals surface area contributed by atoms with E-state index in [-0.39, 0.29) is 6.61 Å². The van der Waals surface area contributed by atoms with E-state index in [0.29, 0.717) is 18.4 Å². The van der Waals surface area contributed by atoms with Crippen LogP contribution in [0.25, 0.3) is 0 Å². The monoisotopic (exact) mass is 242 g/mol. The highest BCUT2D eigenvalue weighted by Crippen LogP contribution is 2.23. The number of carbonyl (C=O) groups is 1. The second-order valence-electron chi connectivity index (χ2n) is 3.87. The van der Waals surface area contributed by atoms with Crippen LogP contribution in [0.3, 0.4) is 0 Å². The van der Waals surface area contributed by atoms with Gasteiger partial charge in [0.15, 0.2) is 0 Å². The summed E-state index contributed by atoms with van der Waals surface area (Å²) in [5, 5.41) is 0. The number of benzene rings is 1. The van der Waals surface area contributed by atoms with Crippen LogP contribution in [0.2, 0.25) is 0 Å². The molecule has 0 amide bonds. The molecule has 1 rings (SSSR count). The topological polar surface area (TPSA) is 26.3 Å². The molecule has 0 spiro atoms. The van der Waals surface area contributed by atoms with Crippen LogP contribution in [0.5, 0.6) is 0 Å². The number of esters is 1. The number of halogens is 2. The van der Waals surface area contributed by atoms with Gasteiger partial charge in [0.2, 0.25) is 0 Å². The van der Waals surface area contributed by atoms with E-state index < -0.39 is 18.3 Å². The summed E-state index contributed by atoms with van der Waals surface area (Å²) < 4.78 is 31.1. The Bertz CT molecular complexity index is 350. The molecule has 0 saturated heterocycles. The maximum atomic E-state index is 13.2. The SMILES string of the molecule is CCCCC(F)(F)C(=O)OCc1ccccc1. The minimum absolute atomic E-state index is 0.110. The minimum atomic E-state index is -3.37. The van der Waals surface area contributed by atoms with Crippen molar-refractivity contribution in [2.24, 2.45) is 0 Å². The van der Waals surface area contributed by atoms with Gasteiger partial charge in [-0.2, -0.15) is 8.78 Å². The van der Waals surface area contributed by atoms with E-state index >= 15 is 0 Å². The van der Waals surface area contributed by atoms with Crippen LogP contribution in [0, 0.1) is 0 Å². The molecule has 0 bridgehead atoms. The maximum absolute atomic E-state index is 13.2. The van der Waals surface area contributed by atoms with Crippen molar-refractivity contribution in [1.29, 1.82) is 0 Å². The third-order valence-corrected chi connectivity index (χ3v) is 2.36. The Labute approximate surface area is 99.6 Å². The summed E-state index contributed by atoms with van der Waals surface area (Å²) in [5.74, 6) is -4.81. The average molecular weight is 242 g/mol. The van der Waals surface area contributed by atoms with Crippen LogP contribution < -0.4 is 0 Å². The number of rotatable bonds is 6. The molecule has 0 saturated carbocycles. The van der Waals surface area contributed by atoms with Crippen molar-refractivity contribution in [3.8, 4) is 0 Å². The lowest BCUT2D eigenvalue weighted by Gasteiger charge is -2.14. The molecular weight excluding hydrogens is 226 g/mol. The molecule has 1 aromatic rings. The largest absolute Gasteiger partial charge is 0.456 e. The summed E-state index contributed by atoms with van der Waals surface area (Å²) in [6, 6.07) is 8.77. The number of hydrogen-bond acceptors (Lipinski definition) is 2. The van der Waals surface area contributed by atoms with Crippen LogP contribution in [-0.2, 0) is 16.1 Å². The fourth-order valence-corrected chi connectivity index (χ4v) is 1.33. The standard InChI is InChI=1S/C13H16F2O2/c1-2-3-9-13(14,15)12(16)17-10-11-7-5-4-6-8-11/h4-8H,2-3,9-10H2,1H3. The molecule has 1 aromatic carbocycles. The molecule has 0 aromatic heterocycles. The highest BCUT2D eigenvalue weighted by atomic mass is 19.3. The minimum Gasteiger partial charge on any atom is -0.456 e. The number of alkyl halides is 2. The fourth-order valence-electron chi connectivity index (χ4n) is 1.33. The molecule has 0 aliphatic carbocycles. The Hall–Kier alpha value is -1.45. The Kier molecular flexibility index (Phi) is 5.07. The van der Waals surface area contributed by atoms with Crippen LogP contribution in [0.15, 0.2) is 30.3 Å². The summed E-state index contributed by atoms with van der Waals surface area (Å²) in [5.41, 5.74) is 0.701. The molecule has 4 heteroatoms. The van der Waals surface area contributed by atoms with Crippen molar-refractivity contribution in [1.82, 2.24) is 0 Å². The van der Waals surface area contributed by atoms with Crippen molar-refractivity contribution in [3.05, 3.63) is 35.9 Å². The lowest BCUT2D eigenvalue weighted by Crippen LogP contribution is -2.30. The molecule has 0 fully saturated rings. The molecular formula is C13H16F2O2. The van der Waals surface area contributed by atoms with Gasteiger partial charge in [-0.1, -0.05) is 43.7 Å². The van der Waals surface area contributed by atoms with Crippen LogP contribution in [0.4, 0.5) is 8.78 Å². The first-order valence-corrected chi connectivity index (χ1v) is 5.65. The predicted molar refractivity (Wildman–Crippen MR) is 60.7 cm³/mol. The van der Waals surface area contributed by atoms with Gasteiger partial charge < -0.3 is 4.74 Å². The zero-order chi connectivity index (χ0) is 12.7. The van der Waals surface area contributed by atoms with Gasteiger partial charge in [-0.05, 0) is 12.0 Å². The molecule has 17 heavy (non-hydrogen) atoms. The molecule has 0 aliphatic heterocycles. The number of unbranched alkanes of at least 4 members (excludes halogenated alkanes) is 1. The summed E-state index contributed by atoms with van der Waals surface area (Å²) in [7, 11) is 0. The van der Waals surface area contributed by atoms with Crippen LogP contribution in [-0.4, -0.2) is 11.9 Å². The second kappa shape index (κ2) is 6.33. The second-order valence-corrected chi connectivity index (χ2v) is 3.87. The van der Waals surface area contributed by atoms with Gasteiger partial charge in [0.05, 0.1) is 0 Å². The van der Waals surface area contributed by atoms with Gasteiger partial charge in [0.1, 0.15) is 6.61 Å². The number of hydrogen-bond donors (Lipinski definition) is 0. The van der Waals surface area contributed by atoms with Crippen LogP contribution in [0.1, 0.15) is 31.7 Å². The Balaban J connectivity index is 2.44. The summed E-state index contributed by atoms with van der Waals surface area (Å²) in [6.07, 6.45) is 0.492. The van der Waals surface area contributed by atoms with E-state index in [1.807, 2.05) is 0 Å². The lowest BCUT2D eigenvalue weighted by molar-refractivity contribution is -0.174. The first kappa shape index (κ1) is 13.6. The molecule has 94 valence electrons. The van der Waals surface area contributed by atoms with E-state index in [1.165, 1.54) is 0 Å². The van der Waals surface area contributed by atoms with Gasteiger partial charge in [-0.3, -0.25) is 0 Å². The van der Waals surface area contributed by atoms with Crippen molar-refractivity contribution >= 4 is 5.97 Å². The molecule has 0 heterocycles. The van der Waals surface area contributed by atoms with Gasteiger partial charge in [-0.15, -0.1) is 0 Å². The van der Waals surface area contributed by atoms with Gasteiger partial charge in [0, 0.05) is 6.42 Å². The molecule has 2 nitrogen and oxygen atoms in total. The third-order valence-electron chi connectivity index (χ3n) is 2.36. The predicted octanol–water partition coefficient (Wildman–Crippen LogP) is 3.56. The zero-order valence-corrected chi connectivity index (χ0v) is 9.79. The van der Waals surface area contributed by atoms with E-state index in [0.717, 1.165) is 0 Å². The number of ether oxygens (including phenoxy) is 1. The highest BCUT2D eigenvalue weighted by Gasteiger charge is 2.39. The average Bonchev–Trinajstić information content (AvgIpc) is 2.34. The lowest BCUT2D eigenvalue weighted by atomic mass is 10.1. The smallest absolute Gasteiger partial charge is 0.377 e. The van der Waals surface area contributed by atoms with E-state index in [2.05, 4.69) is 4.74 Å². The number of carbonyl (C=O) groups excluding carboxylic acids is 1.